The number of para-hydroxylation sites is 1. The van der Waals surface area contributed by atoms with E-state index in [0.29, 0.717) is 5.52 Å². The second-order valence-corrected chi connectivity index (χ2v) is 4.94. The molecule has 0 spiro atoms. The van der Waals surface area contributed by atoms with Gasteiger partial charge in [-0.05, 0) is 25.1 Å². The fraction of sp³-hybridized carbons (Fsp3) is 0.188. The summed E-state index contributed by atoms with van der Waals surface area (Å²) in [6.07, 6.45) is -3.52. The van der Waals surface area contributed by atoms with Crippen LogP contribution >= 0.6 is 0 Å². The van der Waals surface area contributed by atoms with Crippen molar-refractivity contribution in [3.8, 4) is 0 Å². The zero-order valence-corrected chi connectivity index (χ0v) is 12.8. The molecule has 2 aromatic rings. The number of benzene rings is 1. The number of nitrogens with zero attached hydrogens (tertiary/aromatic N) is 2. The number of nitrogens with one attached hydrogen (secondary N) is 1. The molecule has 0 aliphatic carbocycles. The Hall–Kier alpha value is -2.90. The quantitative estimate of drug-likeness (QED) is 0.665. The number of aliphatic imine (C=N–C) groups is 1. The third-order valence-electron chi connectivity index (χ3n) is 3.14. The molecule has 0 radical (unpaired) electrons. The summed E-state index contributed by atoms with van der Waals surface area (Å²) in [4.78, 5) is 19.8. The molecule has 0 aliphatic rings. The molecular formula is C16H15F3N4O. The van der Waals surface area contributed by atoms with Crippen LogP contribution in [0.25, 0.3) is 10.9 Å². The average molecular weight is 336 g/mol. The Morgan fingerprint density at radius 1 is 1.29 bits per heavy atom. The fourth-order valence-electron chi connectivity index (χ4n) is 1.97. The van der Waals surface area contributed by atoms with Gasteiger partial charge in [0.15, 0.2) is 0 Å². The lowest BCUT2D eigenvalue weighted by molar-refractivity contribution is -0.118. The minimum absolute atomic E-state index is 0.104. The highest BCUT2D eigenvalue weighted by molar-refractivity contribution is 6.24. The number of carbonyl (C=O) groups is 1. The lowest BCUT2D eigenvalue weighted by Crippen LogP contribution is -2.22. The van der Waals surface area contributed by atoms with Crippen molar-refractivity contribution in [1.29, 1.82) is 0 Å². The minimum Gasteiger partial charge on any atom is -0.404 e. The summed E-state index contributed by atoms with van der Waals surface area (Å²) in [5.74, 6) is -0.412. The van der Waals surface area contributed by atoms with Gasteiger partial charge in [-0.2, -0.15) is 13.2 Å². The third kappa shape index (κ3) is 4.55. The molecule has 1 aromatic heterocycles. The van der Waals surface area contributed by atoms with Crippen LogP contribution in [0.1, 0.15) is 6.92 Å². The van der Waals surface area contributed by atoms with Gasteiger partial charge in [-0.1, -0.05) is 18.2 Å². The predicted octanol–water partition coefficient (Wildman–Crippen LogP) is 3.04. The van der Waals surface area contributed by atoms with Crippen molar-refractivity contribution < 1.29 is 18.0 Å². The molecule has 0 saturated heterocycles. The number of anilines is 1. The highest BCUT2D eigenvalue weighted by Crippen LogP contribution is 2.17. The largest absolute Gasteiger partial charge is 0.407 e. The second kappa shape index (κ2) is 7.12. The number of hydrogen-bond donors (Lipinski definition) is 2. The average Bonchev–Trinajstić information content (AvgIpc) is 2.53. The van der Waals surface area contributed by atoms with E-state index in [4.69, 9.17) is 5.73 Å². The van der Waals surface area contributed by atoms with E-state index in [1.165, 1.54) is 6.92 Å². The van der Waals surface area contributed by atoms with E-state index >= 15 is 0 Å². The van der Waals surface area contributed by atoms with E-state index in [1.807, 2.05) is 12.1 Å². The van der Waals surface area contributed by atoms with E-state index in [2.05, 4.69) is 15.3 Å². The molecule has 0 fully saturated rings. The maximum absolute atomic E-state index is 12.2. The molecule has 0 atom stereocenters. The van der Waals surface area contributed by atoms with Crippen molar-refractivity contribution in [3.05, 3.63) is 48.2 Å². The van der Waals surface area contributed by atoms with E-state index in [9.17, 15) is 18.0 Å². The Kier molecular flexibility index (Phi) is 5.18. The monoisotopic (exact) mass is 336 g/mol. The number of alkyl halides is 3. The normalized spacial score (nSPS) is 13.2. The van der Waals surface area contributed by atoms with E-state index in [0.717, 1.165) is 11.6 Å². The summed E-state index contributed by atoms with van der Waals surface area (Å²) in [5.41, 5.74) is 5.78. The van der Waals surface area contributed by atoms with Crippen molar-refractivity contribution in [2.45, 2.75) is 13.1 Å². The van der Waals surface area contributed by atoms with Gasteiger partial charge in [0.1, 0.15) is 12.4 Å². The maximum Gasteiger partial charge on any atom is 0.407 e. The van der Waals surface area contributed by atoms with Crippen molar-refractivity contribution in [2.24, 2.45) is 10.7 Å². The van der Waals surface area contributed by atoms with Crippen LogP contribution in [0.5, 0.6) is 0 Å². The van der Waals surface area contributed by atoms with Gasteiger partial charge in [0.2, 0.25) is 0 Å². The van der Waals surface area contributed by atoms with Crippen LogP contribution in [0.2, 0.25) is 0 Å². The molecule has 24 heavy (non-hydrogen) atoms. The summed E-state index contributed by atoms with van der Waals surface area (Å²) in [6, 6.07) is 10.7. The number of fused-ring (bicyclic) bond motifs is 1. The molecule has 0 unspecified atom stereocenters. The smallest absolute Gasteiger partial charge is 0.404 e. The Bertz CT molecular complexity index is 812. The van der Waals surface area contributed by atoms with Gasteiger partial charge in [0, 0.05) is 17.3 Å². The number of pyridine rings is 1. The van der Waals surface area contributed by atoms with Crippen LogP contribution in [-0.4, -0.2) is 29.3 Å². The zero-order valence-electron chi connectivity index (χ0n) is 12.8. The number of halogens is 3. The molecule has 1 aromatic carbocycles. The second-order valence-electron chi connectivity index (χ2n) is 4.94. The van der Waals surface area contributed by atoms with Crippen LogP contribution in [0.3, 0.4) is 0 Å². The fourth-order valence-corrected chi connectivity index (χ4v) is 1.97. The first kappa shape index (κ1) is 17.5. The standard InChI is InChI=1S/C16H15F3N4O/c1-10(21-9-16(17,18)19)12(8-20)15(24)23-14-7-6-11-4-2-3-5-13(11)22-14/h2-8H,9,20H2,1H3,(H,22,23,24)/b12-8+,21-10?. The molecule has 0 saturated carbocycles. The van der Waals surface area contributed by atoms with E-state index in [1.54, 1.807) is 24.3 Å². The van der Waals surface area contributed by atoms with Crippen molar-refractivity contribution >= 4 is 28.3 Å². The summed E-state index contributed by atoms with van der Waals surface area (Å²) in [5, 5.41) is 3.40. The van der Waals surface area contributed by atoms with Crippen LogP contribution < -0.4 is 11.1 Å². The number of aromatic nitrogens is 1. The van der Waals surface area contributed by atoms with Crippen molar-refractivity contribution in [3.63, 3.8) is 0 Å². The Morgan fingerprint density at radius 2 is 2.00 bits per heavy atom. The molecule has 126 valence electrons. The molecule has 1 heterocycles. The molecule has 0 bridgehead atoms. The first-order chi connectivity index (χ1) is 11.3. The SMILES string of the molecule is CC(=NCC(F)(F)F)/C(=C\N)C(=O)Nc1ccc2ccccc2n1. The molecule has 5 nitrogen and oxygen atoms in total. The van der Waals surface area contributed by atoms with E-state index in [-0.39, 0.29) is 17.1 Å². The predicted molar refractivity (Wildman–Crippen MR) is 86.7 cm³/mol. The molecular weight excluding hydrogens is 321 g/mol. The van der Waals surface area contributed by atoms with Gasteiger partial charge < -0.3 is 11.1 Å². The number of nitrogens with two attached hydrogens (primary N) is 1. The van der Waals surface area contributed by atoms with Gasteiger partial charge in [-0.25, -0.2) is 4.98 Å². The Balaban J connectivity index is 2.16. The summed E-state index contributed by atoms with van der Waals surface area (Å²) in [6.45, 7) is -0.0878. The minimum atomic E-state index is -4.45. The summed E-state index contributed by atoms with van der Waals surface area (Å²) in [7, 11) is 0. The van der Waals surface area contributed by atoms with Crippen LogP contribution in [0, 0.1) is 0 Å². The van der Waals surface area contributed by atoms with Gasteiger partial charge in [-0.15, -0.1) is 0 Å². The van der Waals surface area contributed by atoms with Crippen molar-refractivity contribution in [2.75, 3.05) is 11.9 Å². The highest BCUT2D eigenvalue weighted by Gasteiger charge is 2.27. The zero-order chi connectivity index (χ0) is 17.7. The molecule has 8 heteroatoms. The van der Waals surface area contributed by atoms with Crippen molar-refractivity contribution in [1.82, 2.24) is 4.98 Å². The third-order valence-corrected chi connectivity index (χ3v) is 3.14. The molecule has 3 N–H and O–H groups in total. The van der Waals surface area contributed by atoms with Gasteiger partial charge in [0.25, 0.3) is 5.91 Å². The summed E-state index contributed by atoms with van der Waals surface area (Å²) < 4.78 is 36.6. The van der Waals surface area contributed by atoms with Gasteiger partial charge in [-0.3, -0.25) is 9.79 Å². The van der Waals surface area contributed by atoms with E-state index < -0.39 is 18.6 Å². The van der Waals surface area contributed by atoms with Gasteiger partial charge in [0.05, 0.1) is 11.1 Å². The number of amides is 1. The Morgan fingerprint density at radius 3 is 2.67 bits per heavy atom. The molecule has 2 rings (SSSR count). The lowest BCUT2D eigenvalue weighted by Gasteiger charge is -2.09. The van der Waals surface area contributed by atoms with Gasteiger partial charge >= 0.3 is 6.18 Å². The number of hydrogen-bond acceptors (Lipinski definition) is 4. The first-order valence-electron chi connectivity index (χ1n) is 6.97. The maximum atomic E-state index is 12.2. The van der Waals surface area contributed by atoms with Crippen LogP contribution in [0.15, 0.2) is 53.2 Å². The Labute approximate surface area is 136 Å². The first-order valence-corrected chi connectivity index (χ1v) is 6.97. The topological polar surface area (TPSA) is 80.4 Å². The lowest BCUT2D eigenvalue weighted by atomic mass is 10.1. The van der Waals surface area contributed by atoms with Crippen LogP contribution in [-0.2, 0) is 4.79 Å². The highest BCUT2D eigenvalue weighted by atomic mass is 19.4. The van der Waals surface area contributed by atoms with Crippen LogP contribution in [0.4, 0.5) is 19.0 Å². The molecule has 1 amide bonds. The molecule has 0 aliphatic heterocycles. The number of rotatable bonds is 4. The number of carbonyl (C=O) groups excluding carboxylic acids is 1. The summed E-state index contributed by atoms with van der Waals surface area (Å²) >= 11 is 0.